The Morgan fingerprint density at radius 1 is 1.33 bits per heavy atom. The van der Waals surface area contributed by atoms with Gasteiger partial charge >= 0.3 is 0 Å². The van der Waals surface area contributed by atoms with E-state index in [1.165, 1.54) is 11.4 Å². The van der Waals surface area contributed by atoms with Crippen molar-refractivity contribution in [1.29, 1.82) is 0 Å². The van der Waals surface area contributed by atoms with E-state index in [0.717, 1.165) is 24.2 Å². The monoisotopic (exact) mass is 330 g/mol. The van der Waals surface area contributed by atoms with Crippen molar-refractivity contribution in [3.05, 3.63) is 23.8 Å². The number of anilines is 1. The Morgan fingerprint density at radius 2 is 2.10 bits per heavy atom. The highest BCUT2D eigenvalue weighted by atomic mass is 32.2. The predicted octanol–water partition coefficient (Wildman–Crippen LogP) is 0.462. The molecule has 6 nitrogen and oxygen atoms in total. The Bertz CT molecular complexity index is 771. The SMILES string of the molecule is CN(C1CCS(=O)(=O)C1)S(=O)(=O)c1ccc2c(c1)NCC2. The second-order valence-electron chi connectivity index (χ2n) is 5.57. The summed E-state index contributed by atoms with van der Waals surface area (Å²) in [6.07, 6.45) is 1.26. The van der Waals surface area contributed by atoms with Crippen LogP contribution in [0.15, 0.2) is 23.1 Å². The molecule has 1 N–H and O–H groups in total. The van der Waals surface area contributed by atoms with Crippen LogP contribution in [-0.4, -0.2) is 52.3 Å². The Hall–Kier alpha value is -1.12. The van der Waals surface area contributed by atoms with Gasteiger partial charge in [-0.3, -0.25) is 0 Å². The number of nitrogens with zero attached hydrogens (tertiary/aromatic N) is 1. The quantitative estimate of drug-likeness (QED) is 0.870. The van der Waals surface area contributed by atoms with Crippen LogP contribution in [0, 0.1) is 0 Å². The van der Waals surface area contributed by atoms with E-state index >= 15 is 0 Å². The fourth-order valence-electron chi connectivity index (χ4n) is 2.86. The zero-order chi connectivity index (χ0) is 15.3. The number of sulfonamides is 1. The van der Waals surface area contributed by atoms with E-state index in [9.17, 15) is 16.8 Å². The Kier molecular flexibility index (Phi) is 3.50. The summed E-state index contributed by atoms with van der Waals surface area (Å²) in [5.74, 6) is -0.0325. The first-order valence-electron chi connectivity index (χ1n) is 6.85. The number of nitrogens with one attached hydrogen (secondary N) is 1. The zero-order valence-electron chi connectivity index (χ0n) is 11.7. The molecule has 1 fully saturated rings. The van der Waals surface area contributed by atoms with E-state index < -0.39 is 25.9 Å². The molecule has 0 aliphatic carbocycles. The standard InChI is InChI=1S/C13H18N2O4S2/c1-15(11-5-7-20(16,17)9-11)21(18,19)12-3-2-10-4-6-14-13(10)8-12/h2-3,8,11,14H,4-7,9H2,1H3. The molecule has 0 aromatic heterocycles. The summed E-state index contributed by atoms with van der Waals surface area (Å²) in [6.45, 7) is 0.815. The molecule has 2 aliphatic rings. The van der Waals surface area contributed by atoms with Crippen LogP contribution in [0.5, 0.6) is 0 Å². The molecule has 1 unspecified atom stereocenters. The van der Waals surface area contributed by atoms with Gasteiger partial charge in [-0.15, -0.1) is 0 Å². The lowest BCUT2D eigenvalue weighted by Gasteiger charge is -2.23. The molecule has 2 aliphatic heterocycles. The first-order valence-corrected chi connectivity index (χ1v) is 10.1. The zero-order valence-corrected chi connectivity index (χ0v) is 13.4. The van der Waals surface area contributed by atoms with Gasteiger partial charge in [0.05, 0.1) is 16.4 Å². The Balaban J connectivity index is 1.90. The van der Waals surface area contributed by atoms with Gasteiger partial charge in [0.1, 0.15) is 0 Å². The molecule has 0 radical (unpaired) electrons. The fourth-order valence-corrected chi connectivity index (χ4v) is 6.14. The first-order chi connectivity index (χ1) is 9.79. The van der Waals surface area contributed by atoms with Gasteiger partial charge in [0.15, 0.2) is 9.84 Å². The van der Waals surface area contributed by atoms with Crippen molar-refractivity contribution >= 4 is 25.5 Å². The minimum Gasteiger partial charge on any atom is -0.384 e. The Morgan fingerprint density at radius 3 is 2.76 bits per heavy atom. The number of hydrogen-bond acceptors (Lipinski definition) is 5. The van der Waals surface area contributed by atoms with Crippen LogP contribution in [0.2, 0.25) is 0 Å². The molecular weight excluding hydrogens is 312 g/mol. The number of sulfone groups is 1. The van der Waals surface area contributed by atoms with E-state index in [4.69, 9.17) is 0 Å². The fraction of sp³-hybridized carbons (Fsp3) is 0.538. The van der Waals surface area contributed by atoms with Crippen LogP contribution in [0.3, 0.4) is 0 Å². The minimum atomic E-state index is -3.67. The molecule has 1 atom stereocenters. The molecule has 0 spiro atoms. The summed E-state index contributed by atoms with van der Waals surface area (Å²) in [6, 6.07) is 4.58. The summed E-state index contributed by atoms with van der Waals surface area (Å²) >= 11 is 0. The van der Waals surface area contributed by atoms with Crippen LogP contribution in [0.1, 0.15) is 12.0 Å². The molecule has 1 aromatic carbocycles. The lowest BCUT2D eigenvalue weighted by atomic mass is 10.2. The van der Waals surface area contributed by atoms with E-state index in [-0.39, 0.29) is 16.4 Å². The average molecular weight is 330 g/mol. The summed E-state index contributed by atoms with van der Waals surface area (Å²) in [4.78, 5) is 0.211. The van der Waals surface area contributed by atoms with Gasteiger partial charge in [-0.2, -0.15) is 4.31 Å². The predicted molar refractivity (Wildman–Crippen MR) is 80.6 cm³/mol. The maximum atomic E-state index is 12.6. The average Bonchev–Trinajstić information content (AvgIpc) is 3.02. The van der Waals surface area contributed by atoms with E-state index in [0.29, 0.717) is 6.42 Å². The molecule has 2 heterocycles. The van der Waals surface area contributed by atoms with Crippen LogP contribution in [0.25, 0.3) is 0 Å². The van der Waals surface area contributed by atoms with Crippen molar-refractivity contribution in [2.24, 2.45) is 0 Å². The van der Waals surface area contributed by atoms with Gasteiger partial charge < -0.3 is 5.32 Å². The van der Waals surface area contributed by atoms with E-state index in [2.05, 4.69) is 5.32 Å². The number of hydrogen-bond donors (Lipinski definition) is 1. The van der Waals surface area contributed by atoms with Crippen molar-refractivity contribution in [3.63, 3.8) is 0 Å². The summed E-state index contributed by atoms with van der Waals surface area (Å²) in [5, 5.41) is 3.16. The molecule has 116 valence electrons. The third-order valence-corrected chi connectivity index (χ3v) is 7.85. The van der Waals surface area contributed by atoms with Gasteiger partial charge in [-0.25, -0.2) is 16.8 Å². The molecule has 1 saturated heterocycles. The number of benzene rings is 1. The molecule has 0 amide bonds. The number of fused-ring (bicyclic) bond motifs is 1. The van der Waals surface area contributed by atoms with Gasteiger partial charge in [0.2, 0.25) is 10.0 Å². The maximum absolute atomic E-state index is 12.6. The highest BCUT2D eigenvalue weighted by Gasteiger charge is 2.36. The molecule has 8 heteroatoms. The van der Waals surface area contributed by atoms with E-state index in [1.54, 1.807) is 12.1 Å². The molecule has 0 saturated carbocycles. The molecule has 21 heavy (non-hydrogen) atoms. The highest BCUT2D eigenvalue weighted by Crippen LogP contribution is 2.28. The molecule has 0 bridgehead atoms. The second-order valence-corrected chi connectivity index (χ2v) is 9.80. The summed E-state index contributed by atoms with van der Waals surface area (Å²) in [7, 11) is -5.32. The lowest BCUT2D eigenvalue weighted by molar-refractivity contribution is 0.394. The first kappa shape index (κ1) is 14.8. The molecular formula is C13H18N2O4S2. The third kappa shape index (κ3) is 2.67. The smallest absolute Gasteiger partial charge is 0.243 e. The second kappa shape index (κ2) is 4.96. The summed E-state index contributed by atoms with van der Waals surface area (Å²) < 4.78 is 49.5. The van der Waals surface area contributed by atoms with Gasteiger partial charge in [0, 0.05) is 25.3 Å². The highest BCUT2D eigenvalue weighted by molar-refractivity contribution is 7.92. The largest absolute Gasteiger partial charge is 0.384 e. The molecule has 3 rings (SSSR count). The van der Waals surface area contributed by atoms with Crippen LogP contribution in [-0.2, 0) is 26.3 Å². The van der Waals surface area contributed by atoms with E-state index in [1.807, 2.05) is 6.07 Å². The van der Waals surface area contributed by atoms with Crippen molar-refractivity contribution in [3.8, 4) is 0 Å². The van der Waals surface area contributed by atoms with Crippen molar-refractivity contribution in [2.75, 3.05) is 30.4 Å². The number of rotatable bonds is 3. The topological polar surface area (TPSA) is 83.6 Å². The third-order valence-electron chi connectivity index (χ3n) is 4.19. The van der Waals surface area contributed by atoms with Gasteiger partial charge in [0.25, 0.3) is 0 Å². The molecule has 1 aromatic rings. The summed E-state index contributed by atoms with van der Waals surface area (Å²) in [5.41, 5.74) is 1.96. The van der Waals surface area contributed by atoms with Crippen LogP contribution >= 0.6 is 0 Å². The minimum absolute atomic E-state index is 0.0588. The normalized spacial score (nSPS) is 24.0. The van der Waals surface area contributed by atoms with Crippen LogP contribution in [0.4, 0.5) is 5.69 Å². The van der Waals surface area contributed by atoms with Crippen LogP contribution < -0.4 is 5.32 Å². The van der Waals surface area contributed by atoms with Crippen molar-refractivity contribution < 1.29 is 16.8 Å². The lowest BCUT2D eigenvalue weighted by Crippen LogP contribution is -2.37. The van der Waals surface area contributed by atoms with Gasteiger partial charge in [-0.1, -0.05) is 6.07 Å². The Labute approximate surface area is 125 Å². The maximum Gasteiger partial charge on any atom is 0.243 e. The van der Waals surface area contributed by atoms with Gasteiger partial charge in [-0.05, 0) is 30.5 Å². The van der Waals surface area contributed by atoms with Crippen molar-refractivity contribution in [2.45, 2.75) is 23.8 Å². The van der Waals surface area contributed by atoms with Crippen molar-refractivity contribution in [1.82, 2.24) is 4.31 Å².